The highest BCUT2D eigenvalue weighted by Crippen LogP contribution is 2.32. The number of pyridine rings is 1. The van der Waals surface area contributed by atoms with Crippen molar-refractivity contribution in [3.05, 3.63) is 21.0 Å². The van der Waals surface area contributed by atoms with Crippen molar-refractivity contribution in [1.82, 2.24) is 4.98 Å². The topological polar surface area (TPSA) is 85.4 Å². The monoisotopic (exact) mass is 362 g/mol. The van der Waals surface area contributed by atoms with E-state index in [1.54, 1.807) is 22.6 Å². The third-order valence-electron chi connectivity index (χ3n) is 1.71. The Kier molecular flexibility index (Phi) is 4.14. The van der Waals surface area contributed by atoms with Crippen LogP contribution in [0.25, 0.3) is 0 Å². The van der Waals surface area contributed by atoms with E-state index < -0.39 is 30.3 Å². The maximum Gasteiger partial charge on any atom is 0.573 e. The Morgan fingerprint density at radius 2 is 2.18 bits per heavy atom. The van der Waals surface area contributed by atoms with E-state index in [0.29, 0.717) is 0 Å². The molecule has 3 N–H and O–H groups in total. The molecule has 1 aromatic rings. The molecule has 0 aliphatic heterocycles. The van der Waals surface area contributed by atoms with Crippen molar-refractivity contribution in [2.24, 2.45) is 5.73 Å². The summed E-state index contributed by atoms with van der Waals surface area (Å²) in [6, 6.07) is 0. The summed E-state index contributed by atoms with van der Waals surface area (Å²) in [6.07, 6.45) is -3.94. The van der Waals surface area contributed by atoms with Crippen molar-refractivity contribution in [1.29, 1.82) is 0 Å². The van der Waals surface area contributed by atoms with E-state index in [1.165, 1.54) is 0 Å². The van der Waals surface area contributed by atoms with Crippen LogP contribution >= 0.6 is 22.6 Å². The first-order valence-electron chi connectivity index (χ1n) is 4.12. The molecule has 1 aromatic heterocycles. The predicted molar refractivity (Wildman–Crippen MR) is 58.5 cm³/mol. The van der Waals surface area contributed by atoms with Crippen LogP contribution in [0.1, 0.15) is 16.1 Å². The van der Waals surface area contributed by atoms with Gasteiger partial charge in [-0.25, -0.2) is 9.78 Å². The third kappa shape index (κ3) is 3.43. The number of carbonyl (C=O) groups is 1. The molecule has 94 valence electrons. The molecule has 0 bridgehead atoms. The van der Waals surface area contributed by atoms with Gasteiger partial charge in [0, 0.05) is 18.3 Å². The largest absolute Gasteiger partial charge is 0.573 e. The molecule has 1 rings (SSSR count). The van der Waals surface area contributed by atoms with Gasteiger partial charge in [0.25, 0.3) is 0 Å². The lowest BCUT2D eigenvalue weighted by Crippen LogP contribution is -2.21. The first kappa shape index (κ1) is 14.0. The van der Waals surface area contributed by atoms with Crippen molar-refractivity contribution >= 4 is 28.6 Å². The van der Waals surface area contributed by atoms with Crippen LogP contribution in [0, 0.1) is 3.57 Å². The SMILES string of the molecule is NCc1c(C(=O)O)ncc(I)c1OC(F)(F)F. The number of rotatable bonds is 3. The third-order valence-corrected chi connectivity index (χ3v) is 2.48. The molecule has 0 amide bonds. The average molecular weight is 362 g/mol. The Morgan fingerprint density at radius 1 is 1.59 bits per heavy atom. The van der Waals surface area contributed by atoms with Gasteiger partial charge in [-0.1, -0.05) is 0 Å². The number of alkyl halides is 3. The van der Waals surface area contributed by atoms with E-state index >= 15 is 0 Å². The van der Waals surface area contributed by atoms with Gasteiger partial charge in [0.05, 0.1) is 3.57 Å². The fourth-order valence-corrected chi connectivity index (χ4v) is 1.68. The van der Waals surface area contributed by atoms with Crippen molar-refractivity contribution in [3.8, 4) is 5.75 Å². The minimum atomic E-state index is -4.92. The van der Waals surface area contributed by atoms with Crippen LogP contribution in [0.3, 0.4) is 0 Å². The van der Waals surface area contributed by atoms with E-state index in [9.17, 15) is 18.0 Å². The van der Waals surface area contributed by atoms with Gasteiger partial charge >= 0.3 is 12.3 Å². The van der Waals surface area contributed by atoms with Crippen molar-refractivity contribution in [3.63, 3.8) is 0 Å². The molecule has 0 saturated heterocycles. The zero-order valence-electron chi connectivity index (χ0n) is 8.08. The number of hydrogen-bond donors (Lipinski definition) is 2. The summed E-state index contributed by atoms with van der Waals surface area (Å²) in [7, 11) is 0. The maximum atomic E-state index is 12.1. The summed E-state index contributed by atoms with van der Waals surface area (Å²) in [6.45, 7) is -0.420. The number of nitrogens with zero attached hydrogens (tertiary/aromatic N) is 1. The summed E-state index contributed by atoms with van der Waals surface area (Å²) >= 11 is 1.55. The van der Waals surface area contributed by atoms with Crippen molar-refractivity contribution in [2.45, 2.75) is 12.9 Å². The molecule has 0 saturated carbocycles. The van der Waals surface area contributed by atoms with Gasteiger partial charge in [0.2, 0.25) is 0 Å². The second-order valence-corrected chi connectivity index (χ2v) is 3.98. The molecule has 0 aliphatic rings. The minimum absolute atomic E-state index is 0.0328. The average Bonchev–Trinajstić information content (AvgIpc) is 2.18. The van der Waals surface area contributed by atoms with E-state index in [0.717, 1.165) is 6.20 Å². The summed E-state index contributed by atoms with van der Waals surface area (Å²) in [5.41, 5.74) is 4.38. The Bertz CT molecular complexity index is 450. The van der Waals surface area contributed by atoms with E-state index in [2.05, 4.69) is 9.72 Å². The Labute approximate surface area is 107 Å². The number of aromatic nitrogens is 1. The Balaban J connectivity index is 3.35. The number of hydrogen-bond acceptors (Lipinski definition) is 4. The molecular formula is C8H6F3IN2O3. The van der Waals surface area contributed by atoms with Crippen molar-refractivity contribution < 1.29 is 27.8 Å². The van der Waals surface area contributed by atoms with Crippen LogP contribution in [0.2, 0.25) is 0 Å². The quantitative estimate of drug-likeness (QED) is 0.801. The molecule has 17 heavy (non-hydrogen) atoms. The van der Waals surface area contributed by atoms with Crippen LogP contribution in [-0.4, -0.2) is 22.4 Å². The molecule has 0 aromatic carbocycles. The number of ether oxygens (including phenoxy) is 1. The van der Waals surface area contributed by atoms with Crippen LogP contribution < -0.4 is 10.5 Å². The zero-order valence-corrected chi connectivity index (χ0v) is 10.2. The van der Waals surface area contributed by atoms with Crippen LogP contribution in [0.4, 0.5) is 13.2 Å². The molecule has 0 atom stereocenters. The number of carboxylic acids is 1. The van der Waals surface area contributed by atoms with E-state index in [4.69, 9.17) is 10.8 Å². The fraction of sp³-hybridized carbons (Fsp3) is 0.250. The summed E-state index contributed by atoms with van der Waals surface area (Å²) in [5.74, 6) is -2.08. The molecule has 0 radical (unpaired) electrons. The molecule has 1 heterocycles. The lowest BCUT2D eigenvalue weighted by molar-refractivity contribution is -0.275. The molecule has 5 nitrogen and oxygen atoms in total. The maximum absolute atomic E-state index is 12.1. The lowest BCUT2D eigenvalue weighted by Gasteiger charge is -2.15. The normalized spacial score (nSPS) is 11.4. The Morgan fingerprint density at radius 3 is 2.59 bits per heavy atom. The van der Waals surface area contributed by atoms with Gasteiger partial charge in [0.15, 0.2) is 11.4 Å². The highest BCUT2D eigenvalue weighted by molar-refractivity contribution is 14.1. The number of halogens is 4. The molecule has 0 aliphatic carbocycles. The number of carboxylic acid groups (broad SMARTS) is 1. The van der Waals surface area contributed by atoms with Gasteiger partial charge in [-0.2, -0.15) is 0 Å². The smallest absolute Gasteiger partial charge is 0.476 e. The molecule has 0 spiro atoms. The second kappa shape index (κ2) is 5.04. The minimum Gasteiger partial charge on any atom is -0.476 e. The highest BCUT2D eigenvalue weighted by atomic mass is 127. The van der Waals surface area contributed by atoms with Gasteiger partial charge in [-0.15, -0.1) is 13.2 Å². The standard InChI is InChI=1S/C8H6F3IN2O3/c9-8(10,11)17-6-3(1-13)5(7(15)16)14-2-4(6)12/h2H,1,13H2,(H,15,16). The molecular weight excluding hydrogens is 356 g/mol. The van der Waals surface area contributed by atoms with Gasteiger partial charge in [-0.05, 0) is 22.6 Å². The molecule has 0 fully saturated rings. The van der Waals surface area contributed by atoms with Gasteiger partial charge in [0.1, 0.15) is 0 Å². The van der Waals surface area contributed by atoms with E-state index in [1.807, 2.05) is 0 Å². The highest BCUT2D eigenvalue weighted by Gasteiger charge is 2.34. The second-order valence-electron chi connectivity index (χ2n) is 2.82. The Hall–Kier alpha value is -1.10. The summed E-state index contributed by atoms with van der Waals surface area (Å²) in [4.78, 5) is 14.3. The fourth-order valence-electron chi connectivity index (χ4n) is 1.11. The zero-order chi connectivity index (χ0) is 13.2. The van der Waals surface area contributed by atoms with Crippen LogP contribution in [-0.2, 0) is 6.54 Å². The first-order valence-corrected chi connectivity index (χ1v) is 5.20. The van der Waals surface area contributed by atoms with Gasteiger partial charge in [-0.3, -0.25) is 0 Å². The summed E-state index contributed by atoms with van der Waals surface area (Å²) in [5, 5.41) is 8.75. The van der Waals surface area contributed by atoms with Crippen LogP contribution in [0.5, 0.6) is 5.75 Å². The summed E-state index contributed by atoms with van der Waals surface area (Å²) < 4.78 is 40.2. The van der Waals surface area contributed by atoms with Crippen LogP contribution in [0.15, 0.2) is 6.20 Å². The number of aromatic carboxylic acids is 1. The lowest BCUT2D eigenvalue weighted by atomic mass is 10.1. The van der Waals surface area contributed by atoms with Crippen molar-refractivity contribution in [2.75, 3.05) is 0 Å². The number of nitrogens with two attached hydrogens (primary N) is 1. The predicted octanol–water partition coefficient (Wildman–Crippen LogP) is 1.74. The van der Waals surface area contributed by atoms with E-state index in [-0.39, 0.29) is 9.13 Å². The molecule has 9 heteroatoms. The first-order chi connectivity index (χ1) is 7.76. The van der Waals surface area contributed by atoms with Gasteiger partial charge < -0.3 is 15.6 Å². The molecule has 0 unspecified atom stereocenters.